The molecule has 2 saturated heterocycles. The first-order valence-corrected chi connectivity index (χ1v) is 39.0. The minimum atomic E-state index is -4.97. The fraction of sp³-hybridized carbons (Fsp3) is 0.409. The van der Waals surface area contributed by atoms with E-state index in [1.165, 1.54) is 92.5 Å². The van der Waals surface area contributed by atoms with Gasteiger partial charge < -0.3 is 51.2 Å². The van der Waals surface area contributed by atoms with Gasteiger partial charge in [0.05, 0.1) is 22.3 Å². The Morgan fingerprint density at radius 1 is 0.368 bits per heavy atom. The number of aryl methyl sites for hydroxylation is 4. The normalized spacial score (nSPS) is 18.8. The summed E-state index contributed by atoms with van der Waals surface area (Å²) in [4.78, 5) is 13.2. The number of alkyl halides is 12. The molecule has 0 saturated carbocycles. The average Bonchev–Trinajstić information content (AvgIpc) is 1.57. The van der Waals surface area contributed by atoms with Gasteiger partial charge in [0.1, 0.15) is 11.6 Å². The van der Waals surface area contributed by atoms with E-state index in [-0.39, 0.29) is 46.0 Å². The molecule has 6 N–H and O–H groups in total. The summed E-state index contributed by atoms with van der Waals surface area (Å²) in [5.41, 5.74) is 22.2. The van der Waals surface area contributed by atoms with Crippen LogP contribution in [0.4, 0.5) is 110 Å². The molecule has 12 nitrogen and oxygen atoms in total. The number of halogens is 12. The second-order valence-corrected chi connectivity index (χ2v) is 32.0. The van der Waals surface area contributed by atoms with Gasteiger partial charge in [-0.05, 0) is 339 Å². The van der Waals surface area contributed by atoms with Gasteiger partial charge in [0.25, 0.3) is 0 Å². The molecular formula is C88H98F12N10O2S2. The number of hydrogen-bond donors (Lipinski definition) is 6. The summed E-state index contributed by atoms with van der Waals surface area (Å²) in [7, 11) is 7.95. The monoisotopic (exact) mass is 1620 g/mol. The number of hydrogen-bond acceptors (Lipinski definition) is 10. The molecule has 6 aromatic carbocycles. The summed E-state index contributed by atoms with van der Waals surface area (Å²) in [5, 5.41) is 18.2. The molecule has 114 heavy (non-hydrogen) atoms. The highest BCUT2D eigenvalue weighted by Crippen LogP contribution is 2.56. The van der Waals surface area contributed by atoms with Crippen molar-refractivity contribution in [3.63, 3.8) is 0 Å². The highest BCUT2D eigenvalue weighted by molar-refractivity contribution is 7.81. The lowest BCUT2D eigenvalue weighted by Gasteiger charge is -2.22. The maximum absolute atomic E-state index is 13.5. The number of nitrogens with one attached hydrogen (secondary N) is 6. The highest BCUT2D eigenvalue weighted by Gasteiger charge is 2.42. The Labute approximate surface area is 670 Å². The highest BCUT2D eigenvalue weighted by atomic mass is 32.1. The first kappa shape index (κ1) is 85.6. The molecule has 0 spiro atoms. The van der Waals surface area contributed by atoms with Crippen LogP contribution in [0, 0.1) is 79.1 Å². The molecule has 608 valence electrons. The van der Waals surface area contributed by atoms with Gasteiger partial charge in [0.2, 0.25) is 0 Å². The number of allylic oxidation sites excluding steroid dienone is 4. The van der Waals surface area contributed by atoms with Crippen LogP contribution >= 0.6 is 24.4 Å². The topological polar surface area (TPSA) is 123 Å². The third-order valence-electron chi connectivity index (χ3n) is 22.2. The third-order valence-corrected chi connectivity index (χ3v) is 22.6. The van der Waals surface area contributed by atoms with E-state index in [9.17, 15) is 52.7 Å². The Morgan fingerprint density at radius 2 is 0.623 bits per heavy atom. The third kappa shape index (κ3) is 19.0. The molecule has 4 atom stereocenters. The van der Waals surface area contributed by atoms with Crippen LogP contribution < -0.4 is 41.7 Å². The first-order chi connectivity index (χ1) is 53.5. The van der Waals surface area contributed by atoms with E-state index in [0.717, 1.165) is 131 Å². The molecule has 4 aliphatic carbocycles. The van der Waals surface area contributed by atoms with Crippen molar-refractivity contribution in [1.82, 2.24) is 9.97 Å². The van der Waals surface area contributed by atoms with Crippen molar-refractivity contribution < 1.29 is 62.2 Å². The maximum atomic E-state index is 13.5. The molecule has 0 amide bonds. The molecule has 6 aliphatic rings. The zero-order valence-electron chi connectivity index (χ0n) is 67.0. The van der Waals surface area contributed by atoms with E-state index in [1.807, 2.05) is 102 Å². The van der Waals surface area contributed by atoms with Crippen molar-refractivity contribution in [2.45, 2.75) is 159 Å². The van der Waals surface area contributed by atoms with Crippen molar-refractivity contribution in [3.05, 3.63) is 209 Å². The largest absolute Gasteiger partial charge is 0.416 e. The van der Waals surface area contributed by atoms with Crippen LogP contribution in [0.2, 0.25) is 0 Å². The zero-order chi connectivity index (χ0) is 83.1. The molecule has 0 unspecified atom stereocenters. The average molecular weight is 1620 g/mol. The number of aromatic nitrogens is 2. The quantitative estimate of drug-likeness (QED) is 0.0575. The fourth-order valence-electron chi connectivity index (χ4n) is 16.6. The first-order valence-electron chi connectivity index (χ1n) is 38.2. The van der Waals surface area contributed by atoms with Gasteiger partial charge in [-0.25, -0.2) is 9.97 Å². The Bertz CT molecular complexity index is 4680. The molecule has 26 heteroatoms. The summed E-state index contributed by atoms with van der Waals surface area (Å²) in [5.74, 6) is 2.39. The Morgan fingerprint density at radius 3 is 0.860 bits per heavy atom. The van der Waals surface area contributed by atoms with E-state index in [2.05, 4.69) is 109 Å². The predicted octanol–water partition coefficient (Wildman–Crippen LogP) is 24.1. The summed E-state index contributed by atoms with van der Waals surface area (Å²) in [6, 6.07) is 18.9. The predicted molar refractivity (Wildman–Crippen MR) is 445 cm³/mol. The SMILES string of the molecule is C1CCOC1.C1CCOC1.Cc1cc(NC(=S)Nc2cc(C(F)(F)F)cc(C(F)(F)F)c2)c(C)c2c1C[C@@H](C)/C2=C1/c2c(C)c(Nc3cc(N(C)C)ccn3)cc(C)c2C[C@H]1C.Cc1cc(NC(=S)Nc2cc(C(F)(F)F)cc(C(F)(F)F)c2)c(C)c2c1C[C@@H](C)/C2=C1/c2c(C)c(Nc3cc(N(C)C)ccn3)cc(C)c2C[C@H]1C. The number of anilines is 10. The van der Waals surface area contributed by atoms with Crippen LogP contribution in [0.1, 0.15) is 165 Å². The number of nitrogens with zero attached hydrogens (tertiary/aromatic N) is 4. The van der Waals surface area contributed by atoms with E-state index in [1.54, 1.807) is 12.4 Å². The summed E-state index contributed by atoms with van der Waals surface area (Å²) < 4.78 is 172. The molecule has 14 rings (SSSR count). The van der Waals surface area contributed by atoms with Gasteiger partial charge in [-0.1, -0.05) is 27.7 Å². The maximum Gasteiger partial charge on any atom is 0.416 e. The van der Waals surface area contributed by atoms with Crippen LogP contribution in [-0.2, 0) is 59.9 Å². The summed E-state index contributed by atoms with van der Waals surface area (Å²) in [6.45, 7) is 29.6. The summed E-state index contributed by atoms with van der Waals surface area (Å²) >= 11 is 10.9. The van der Waals surface area contributed by atoms with Gasteiger partial charge in [-0.2, -0.15) is 52.7 Å². The zero-order valence-corrected chi connectivity index (χ0v) is 68.6. The molecule has 0 bridgehead atoms. The van der Waals surface area contributed by atoms with Crippen molar-refractivity contribution in [1.29, 1.82) is 0 Å². The van der Waals surface area contributed by atoms with Gasteiger partial charge in [-0.3, -0.25) is 0 Å². The van der Waals surface area contributed by atoms with Crippen LogP contribution in [0.25, 0.3) is 22.3 Å². The number of pyridine rings is 2. The molecule has 2 aliphatic heterocycles. The number of rotatable bonds is 10. The Balaban J connectivity index is 0.000000199. The molecule has 8 aromatic rings. The van der Waals surface area contributed by atoms with Gasteiger partial charge in [0.15, 0.2) is 10.2 Å². The lowest BCUT2D eigenvalue weighted by atomic mass is 9.84. The van der Waals surface area contributed by atoms with Crippen molar-refractivity contribution >= 4 is 114 Å². The van der Waals surface area contributed by atoms with Crippen LogP contribution in [0.3, 0.4) is 0 Å². The van der Waals surface area contributed by atoms with Crippen LogP contribution in [0.15, 0.2) is 97.3 Å². The number of thiocarbonyl (C=S) groups is 2. The fourth-order valence-corrected chi connectivity index (χ4v) is 17.0. The van der Waals surface area contributed by atoms with E-state index >= 15 is 0 Å². The van der Waals surface area contributed by atoms with Crippen molar-refractivity contribution in [3.8, 4) is 0 Å². The molecule has 4 heterocycles. The lowest BCUT2D eigenvalue weighted by Crippen LogP contribution is -2.21. The number of fused-ring (bicyclic) bond motifs is 4. The number of ether oxygens (including phenoxy) is 2. The molecular weight excluding hydrogens is 1520 g/mol. The lowest BCUT2D eigenvalue weighted by molar-refractivity contribution is -0.144. The van der Waals surface area contributed by atoms with Crippen LogP contribution in [0.5, 0.6) is 0 Å². The smallest absolute Gasteiger partial charge is 0.381 e. The molecule has 2 fully saturated rings. The second-order valence-electron chi connectivity index (χ2n) is 31.2. The summed E-state index contributed by atoms with van der Waals surface area (Å²) in [6.07, 6.45) is -7.72. The Hall–Kier alpha value is -9.24. The Kier molecular flexibility index (Phi) is 25.8. The second kappa shape index (κ2) is 34.3. The number of benzene rings is 6. The minimum absolute atomic E-state index is 0.0930. The van der Waals surface area contributed by atoms with E-state index in [4.69, 9.17) is 33.9 Å². The molecule has 0 radical (unpaired) electrons. The van der Waals surface area contributed by atoms with E-state index < -0.39 is 58.3 Å². The van der Waals surface area contributed by atoms with E-state index in [0.29, 0.717) is 35.6 Å². The van der Waals surface area contributed by atoms with Crippen molar-refractivity contribution in [2.75, 3.05) is 96.3 Å². The van der Waals surface area contributed by atoms with Gasteiger partial charge in [-0.15, -0.1) is 0 Å². The van der Waals surface area contributed by atoms with Gasteiger partial charge >= 0.3 is 24.7 Å². The molecule has 2 aromatic heterocycles. The minimum Gasteiger partial charge on any atom is -0.381 e. The van der Waals surface area contributed by atoms with Crippen LogP contribution in [-0.4, -0.2) is 74.8 Å². The standard InChI is InChI=1S/2C40H41F6N5S.2C4H8O/c2*1-19-13-31(49-33-18-28(51(7)8)9-10-47-33)23(5)36-29(19)11-21(3)34(36)35-22(4)12-30-20(2)14-32(24(6)37(30)35)50-38(52)48-27-16-25(39(41,42)43)15-26(17-27)40(44,45)46;2*1-2-4-5-3-1/h2*9-10,13-18,21-22H,11-12H2,1-8H3,(H,47,49)(H2,48,50,52);2*1-4H2/b2*35-34-;;/t2*21-,22-;;/m11../s1. The van der Waals surface area contributed by atoms with Crippen molar-refractivity contribution in [2.24, 2.45) is 23.7 Å². The van der Waals surface area contributed by atoms with Gasteiger partial charge in [0, 0.05) is 125 Å².